The molecule has 1 heterocycles. The van der Waals surface area contributed by atoms with E-state index in [0.717, 1.165) is 21.8 Å². The molecular formula is C19H10N4. The van der Waals surface area contributed by atoms with Crippen molar-refractivity contribution in [1.29, 1.82) is 10.5 Å². The number of benzene rings is 2. The first-order chi connectivity index (χ1) is 11.3. The van der Waals surface area contributed by atoms with Crippen LogP contribution < -0.4 is 0 Å². The van der Waals surface area contributed by atoms with Crippen LogP contribution >= 0.6 is 0 Å². The highest BCUT2D eigenvalue weighted by Crippen LogP contribution is 2.29. The predicted octanol–water partition coefficient (Wildman–Crippen LogP) is 4.49. The molecule has 0 spiro atoms. The summed E-state index contributed by atoms with van der Waals surface area (Å²) in [6.07, 6.45) is 3.24. The van der Waals surface area contributed by atoms with E-state index in [9.17, 15) is 0 Å². The third-order valence-electron chi connectivity index (χ3n) is 3.60. The fraction of sp³-hybridized carbons (Fsp3) is 0. The topological polar surface area (TPSA) is 56.9 Å². The number of hydrogen-bond donors (Lipinski definition) is 0. The van der Waals surface area contributed by atoms with Gasteiger partial charge in [-0.15, -0.1) is 0 Å². The van der Waals surface area contributed by atoms with Crippen molar-refractivity contribution in [3.8, 4) is 12.1 Å². The molecule has 106 valence electrons. The molecule has 1 aromatic heterocycles. The number of nitrogens with zero attached hydrogens (tertiary/aromatic N) is 4. The van der Waals surface area contributed by atoms with Crippen LogP contribution in [0.1, 0.15) is 0 Å². The summed E-state index contributed by atoms with van der Waals surface area (Å²) in [6, 6.07) is 19.5. The smallest absolute Gasteiger partial charge is 0.216 e. The summed E-state index contributed by atoms with van der Waals surface area (Å²) >= 11 is 0. The van der Waals surface area contributed by atoms with Crippen LogP contribution in [0.5, 0.6) is 0 Å². The second-order valence-electron chi connectivity index (χ2n) is 4.82. The Kier molecular flexibility index (Phi) is 3.63. The zero-order chi connectivity index (χ0) is 16.2. The lowest BCUT2D eigenvalue weighted by Gasteiger charge is -2.00. The minimum absolute atomic E-state index is 0.0388. The Hall–Kier alpha value is -3.81. The Morgan fingerprint density at radius 1 is 0.957 bits per heavy atom. The van der Waals surface area contributed by atoms with Gasteiger partial charge < -0.3 is 4.57 Å². The third kappa shape index (κ3) is 2.33. The van der Waals surface area contributed by atoms with Crippen LogP contribution in [0.15, 0.2) is 65.9 Å². The largest absolute Gasteiger partial charge is 0.317 e. The maximum absolute atomic E-state index is 8.91. The van der Waals surface area contributed by atoms with Crippen molar-refractivity contribution in [3.63, 3.8) is 0 Å². The molecule has 0 aliphatic carbocycles. The predicted molar refractivity (Wildman–Crippen MR) is 89.6 cm³/mol. The number of fused-ring (bicyclic) bond motifs is 3. The average molecular weight is 294 g/mol. The molecule has 0 atom stereocenters. The summed E-state index contributed by atoms with van der Waals surface area (Å²) in [4.78, 5) is 3.27. The van der Waals surface area contributed by atoms with E-state index in [2.05, 4.69) is 4.85 Å². The Balaban J connectivity index is 2.27. The number of nitriles is 2. The minimum atomic E-state index is -0.183. The monoisotopic (exact) mass is 294 g/mol. The number of aromatic nitrogens is 1. The SMILES string of the molecule is [C-]#[N+]C(/C=C/n1c2ccccc2c2ccccc21)=C(C#N)C#N. The molecule has 2 aromatic carbocycles. The molecule has 0 aliphatic rings. The lowest BCUT2D eigenvalue weighted by atomic mass is 10.2. The van der Waals surface area contributed by atoms with Gasteiger partial charge in [0.2, 0.25) is 5.70 Å². The van der Waals surface area contributed by atoms with Crippen molar-refractivity contribution in [3.05, 3.63) is 77.3 Å². The van der Waals surface area contributed by atoms with Gasteiger partial charge >= 0.3 is 0 Å². The number of hydrogen-bond acceptors (Lipinski definition) is 2. The summed E-state index contributed by atoms with van der Waals surface area (Å²) in [6.45, 7) is 7.16. The summed E-state index contributed by atoms with van der Waals surface area (Å²) in [5.74, 6) is 0. The molecule has 0 saturated heterocycles. The lowest BCUT2D eigenvalue weighted by Crippen LogP contribution is -1.86. The molecule has 0 bridgehead atoms. The average Bonchev–Trinajstić information content (AvgIpc) is 2.93. The maximum Gasteiger partial charge on any atom is 0.216 e. The van der Waals surface area contributed by atoms with Gasteiger partial charge in [-0.25, -0.2) is 4.85 Å². The summed E-state index contributed by atoms with van der Waals surface area (Å²) in [5.41, 5.74) is 1.86. The number of rotatable bonds is 2. The van der Waals surface area contributed by atoms with E-state index in [-0.39, 0.29) is 11.3 Å². The summed E-state index contributed by atoms with van der Waals surface area (Å²) < 4.78 is 1.96. The molecule has 23 heavy (non-hydrogen) atoms. The quantitative estimate of drug-likeness (QED) is 0.397. The first-order valence-electron chi connectivity index (χ1n) is 6.88. The normalized spacial score (nSPS) is 10.3. The Bertz CT molecular complexity index is 1020. The molecule has 0 unspecified atom stereocenters. The maximum atomic E-state index is 8.91. The van der Waals surface area contributed by atoms with Gasteiger partial charge in [0.1, 0.15) is 5.57 Å². The van der Waals surface area contributed by atoms with Crippen LogP contribution in [0.4, 0.5) is 0 Å². The van der Waals surface area contributed by atoms with Gasteiger partial charge in [0.15, 0.2) is 0 Å². The van der Waals surface area contributed by atoms with Crippen LogP contribution in [-0.4, -0.2) is 4.57 Å². The van der Waals surface area contributed by atoms with Crippen molar-refractivity contribution in [2.24, 2.45) is 0 Å². The molecule has 0 saturated carbocycles. The van der Waals surface area contributed by atoms with Crippen LogP contribution in [0, 0.1) is 29.2 Å². The Morgan fingerprint density at radius 3 is 1.96 bits per heavy atom. The molecule has 0 N–H and O–H groups in total. The molecule has 0 radical (unpaired) electrons. The molecule has 0 aliphatic heterocycles. The van der Waals surface area contributed by atoms with E-state index < -0.39 is 0 Å². The van der Waals surface area contributed by atoms with Crippen molar-refractivity contribution < 1.29 is 0 Å². The van der Waals surface area contributed by atoms with Crippen molar-refractivity contribution in [1.82, 2.24) is 4.57 Å². The molecule has 4 nitrogen and oxygen atoms in total. The van der Waals surface area contributed by atoms with E-state index in [1.165, 1.54) is 6.08 Å². The minimum Gasteiger partial charge on any atom is -0.317 e. The van der Waals surface area contributed by atoms with E-state index in [1.807, 2.05) is 53.1 Å². The summed E-state index contributed by atoms with van der Waals surface area (Å²) in [5, 5.41) is 20.1. The standard InChI is InChI=1S/C19H10N4/c1-22-17(14(12-20)13-21)10-11-23-18-8-4-2-6-15(18)16-7-3-5-9-19(16)23/h2-11H/b11-10+. The van der Waals surface area contributed by atoms with Gasteiger partial charge in [-0.2, -0.15) is 10.5 Å². The molecular weight excluding hydrogens is 284 g/mol. The van der Waals surface area contributed by atoms with Gasteiger partial charge in [0.25, 0.3) is 0 Å². The number of para-hydroxylation sites is 2. The molecule has 3 rings (SSSR count). The molecule has 0 fully saturated rings. The summed E-state index contributed by atoms with van der Waals surface area (Å²) in [7, 11) is 0. The van der Waals surface area contributed by atoms with Crippen LogP contribution in [0.3, 0.4) is 0 Å². The second-order valence-corrected chi connectivity index (χ2v) is 4.82. The van der Waals surface area contributed by atoms with Crippen LogP contribution in [0.2, 0.25) is 0 Å². The fourth-order valence-corrected chi connectivity index (χ4v) is 2.57. The Labute approximate surface area is 133 Å². The van der Waals surface area contributed by atoms with Gasteiger partial charge in [0, 0.05) is 10.8 Å². The first-order valence-corrected chi connectivity index (χ1v) is 6.88. The van der Waals surface area contributed by atoms with Gasteiger partial charge in [-0.05, 0) is 24.4 Å². The Morgan fingerprint density at radius 2 is 1.48 bits per heavy atom. The van der Waals surface area contributed by atoms with Gasteiger partial charge in [0.05, 0.1) is 29.7 Å². The molecule has 0 amide bonds. The zero-order valence-electron chi connectivity index (χ0n) is 12.1. The molecule has 4 heteroatoms. The van der Waals surface area contributed by atoms with Crippen molar-refractivity contribution in [2.45, 2.75) is 0 Å². The lowest BCUT2D eigenvalue weighted by molar-refractivity contribution is 1.29. The van der Waals surface area contributed by atoms with Crippen molar-refractivity contribution >= 4 is 28.0 Å². The van der Waals surface area contributed by atoms with Crippen molar-refractivity contribution in [2.75, 3.05) is 0 Å². The first kappa shape index (κ1) is 14.1. The number of allylic oxidation sites excluding steroid dienone is 2. The highest BCUT2D eigenvalue weighted by Gasteiger charge is 2.08. The van der Waals surface area contributed by atoms with E-state index in [4.69, 9.17) is 17.1 Å². The highest BCUT2D eigenvalue weighted by molar-refractivity contribution is 6.09. The fourth-order valence-electron chi connectivity index (χ4n) is 2.57. The van der Waals surface area contributed by atoms with E-state index >= 15 is 0 Å². The third-order valence-corrected chi connectivity index (χ3v) is 3.60. The van der Waals surface area contributed by atoms with Gasteiger partial charge in [-0.3, -0.25) is 0 Å². The second kappa shape index (κ2) is 5.90. The van der Waals surface area contributed by atoms with Gasteiger partial charge in [-0.1, -0.05) is 36.4 Å². The van der Waals surface area contributed by atoms with E-state index in [1.54, 1.807) is 18.3 Å². The van der Waals surface area contributed by atoms with E-state index in [0.29, 0.717) is 0 Å². The highest BCUT2D eigenvalue weighted by atomic mass is 15.0. The molecule has 3 aromatic rings. The van der Waals surface area contributed by atoms with Crippen LogP contribution in [-0.2, 0) is 0 Å². The van der Waals surface area contributed by atoms with Crippen LogP contribution in [0.25, 0.3) is 32.9 Å². The zero-order valence-corrected chi connectivity index (χ0v) is 12.1.